The van der Waals surface area contributed by atoms with Crippen LogP contribution < -0.4 is 10.6 Å². The van der Waals surface area contributed by atoms with E-state index in [2.05, 4.69) is 15.6 Å². The van der Waals surface area contributed by atoms with Gasteiger partial charge in [0.15, 0.2) is 0 Å². The number of rotatable bonds is 2. The topological polar surface area (TPSA) is 71.1 Å². The molecule has 2 heterocycles. The number of fused-ring (bicyclic) bond motifs is 1. The first kappa shape index (κ1) is 14.5. The first-order valence-corrected chi connectivity index (χ1v) is 6.92. The monoisotopic (exact) mass is 319 g/mol. The minimum Gasteiger partial charge on any atom is -0.326 e. The zero-order chi connectivity index (χ0) is 15.7. The van der Waals surface area contributed by atoms with E-state index in [-0.39, 0.29) is 18.2 Å². The third kappa shape index (κ3) is 2.92. The molecule has 2 aromatic rings. The van der Waals surface area contributed by atoms with E-state index in [0.717, 1.165) is 0 Å². The number of hydrogen-bond acceptors (Lipinski definition) is 3. The van der Waals surface area contributed by atoms with Gasteiger partial charge in [0, 0.05) is 18.3 Å². The third-order valence-corrected chi connectivity index (χ3v) is 3.57. The van der Waals surface area contributed by atoms with Gasteiger partial charge in [-0.05, 0) is 29.8 Å². The van der Waals surface area contributed by atoms with Gasteiger partial charge in [-0.15, -0.1) is 0 Å². The predicted octanol–water partition coefficient (Wildman–Crippen LogP) is 2.94. The predicted molar refractivity (Wildman–Crippen MR) is 80.3 cm³/mol. The molecule has 2 amide bonds. The van der Waals surface area contributed by atoms with Crippen molar-refractivity contribution in [3.05, 3.63) is 52.9 Å². The lowest BCUT2D eigenvalue weighted by atomic mass is 9.89. The second-order valence-corrected chi connectivity index (χ2v) is 5.32. The van der Waals surface area contributed by atoms with Gasteiger partial charge in [-0.25, -0.2) is 9.37 Å². The summed E-state index contributed by atoms with van der Waals surface area (Å²) in [5.74, 6) is -1.54. The van der Waals surface area contributed by atoms with Gasteiger partial charge in [0.05, 0.1) is 10.9 Å². The molecule has 0 unspecified atom stereocenters. The third-order valence-electron chi connectivity index (χ3n) is 3.35. The summed E-state index contributed by atoms with van der Waals surface area (Å²) in [5.41, 5.74) is 0.896. The maximum Gasteiger partial charge on any atom is 0.233 e. The molecule has 1 atom stereocenters. The summed E-state index contributed by atoms with van der Waals surface area (Å²) < 4.78 is 13.3. The normalized spacial score (nSPS) is 16.6. The first-order valence-electron chi connectivity index (χ1n) is 6.54. The minimum atomic E-state index is -0.693. The molecule has 0 saturated carbocycles. The fraction of sp³-hybridized carbons (Fsp3) is 0.133. The Hall–Kier alpha value is -2.47. The molecule has 2 N–H and O–H groups in total. The van der Waals surface area contributed by atoms with E-state index in [1.807, 2.05) is 0 Å². The molecule has 22 heavy (non-hydrogen) atoms. The second kappa shape index (κ2) is 5.73. The van der Waals surface area contributed by atoms with Crippen LogP contribution >= 0.6 is 11.6 Å². The van der Waals surface area contributed by atoms with Crippen LogP contribution in [0.1, 0.15) is 17.9 Å². The van der Waals surface area contributed by atoms with Crippen LogP contribution in [0.2, 0.25) is 5.02 Å². The molecule has 1 aliphatic rings. The smallest absolute Gasteiger partial charge is 0.233 e. The highest BCUT2D eigenvalue weighted by atomic mass is 35.5. The van der Waals surface area contributed by atoms with Gasteiger partial charge in [-0.3, -0.25) is 9.59 Å². The van der Waals surface area contributed by atoms with Crippen LogP contribution in [0.4, 0.5) is 15.9 Å². The van der Waals surface area contributed by atoms with Gasteiger partial charge in [-0.1, -0.05) is 17.7 Å². The van der Waals surface area contributed by atoms with Crippen molar-refractivity contribution in [2.45, 2.75) is 12.3 Å². The molecule has 1 aromatic heterocycles. The molecule has 3 rings (SSSR count). The molecule has 7 heteroatoms. The molecule has 1 aliphatic heterocycles. The van der Waals surface area contributed by atoms with Crippen molar-refractivity contribution in [3.63, 3.8) is 0 Å². The number of amides is 2. The fourth-order valence-corrected chi connectivity index (χ4v) is 2.45. The minimum absolute atomic E-state index is 0.00193. The van der Waals surface area contributed by atoms with Gasteiger partial charge in [0.1, 0.15) is 11.6 Å². The number of benzene rings is 1. The number of nitrogens with one attached hydrogen (secondary N) is 2. The van der Waals surface area contributed by atoms with E-state index in [1.165, 1.54) is 24.4 Å². The van der Waals surface area contributed by atoms with Crippen molar-refractivity contribution in [3.8, 4) is 0 Å². The summed E-state index contributed by atoms with van der Waals surface area (Å²) in [7, 11) is 0. The summed E-state index contributed by atoms with van der Waals surface area (Å²) in [4.78, 5) is 28.1. The highest BCUT2D eigenvalue weighted by Crippen LogP contribution is 2.33. The Balaban J connectivity index is 1.86. The molecule has 0 fully saturated rings. The lowest BCUT2D eigenvalue weighted by Crippen LogP contribution is -2.31. The number of pyridine rings is 1. The number of anilines is 2. The standard InChI is InChI=1S/C15H11ClFN3O2/c16-8-1-4-13(18-7-8)20-15(22)11-6-14(21)19-12-5-9(17)2-3-10(11)12/h1-5,7,11H,6H2,(H,19,21)(H,18,20,22)/t11-/m1/s1. The van der Waals surface area contributed by atoms with Crippen LogP contribution in [0.25, 0.3) is 0 Å². The largest absolute Gasteiger partial charge is 0.326 e. The number of nitrogens with zero attached hydrogens (tertiary/aromatic N) is 1. The zero-order valence-corrected chi connectivity index (χ0v) is 12.0. The van der Waals surface area contributed by atoms with Crippen LogP contribution in [-0.4, -0.2) is 16.8 Å². The summed E-state index contributed by atoms with van der Waals surface area (Å²) in [6.45, 7) is 0. The Morgan fingerprint density at radius 2 is 2.18 bits per heavy atom. The van der Waals surface area contributed by atoms with E-state index < -0.39 is 11.7 Å². The fourth-order valence-electron chi connectivity index (χ4n) is 2.33. The second-order valence-electron chi connectivity index (χ2n) is 4.89. The average molecular weight is 320 g/mol. The molecular weight excluding hydrogens is 309 g/mol. The number of hydrogen-bond donors (Lipinski definition) is 2. The van der Waals surface area contributed by atoms with E-state index in [9.17, 15) is 14.0 Å². The maximum absolute atomic E-state index is 13.3. The summed E-state index contributed by atoms with van der Waals surface area (Å²) >= 11 is 5.73. The molecule has 1 aromatic carbocycles. The van der Waals surface area contributed by atoms with Crippen molar-refractivity contribution in [2.24, 2.45) is 0 Å². The summed E-state index contributed by atoms with van der Waals surface area (Å²) in [5, 5.41) is 5.65. The highest BCUT2D eigenvalue weighted by molar-refractivity contribution is 6.30. The molecule has 0 aliphatic carbocycles. The summed E-state index contributed by atoms with van der Waals surface area (Å²) in [6, 6.07) is 7.13. The van der Waals surface area contributed by atoms with Gasteiger partial charge in [0.2, 0.25) is 11.8 Å². The molecule has 0 spiro atoms. The van der Waals surface area contributed by atoms with E-state index in [1.54, 1.807) is 12.1 Å². The van der Waals surface area contributed by atoms with E-state index >= 15 is 0 Å². The van der Waals surface area contributed by atoms with Gasteiger partial charge in [0.25, 0.3) is 0 Å². The van der Waals surface area contributed by atoms with Crippen LogP contribution in [-0.2, 0) is 9.59 Å². The number of carbonyl (C=O) groups is 2. The first-order chi connectivity index (χ1) is 10.5. The molecular formula is C15H11ClFN3O2. The molecule has 112 valence electrons. The number of halogens is 2. The molecule has 5 nitrogen and oxygen atoms in total. The van der Waals surface area contributed by atoms with Crippen LogP contribution in [0.5, 0.6) is 0 Å². The quantitative estimate of drug-likeness (QED) is 0.894. The van der Waals surface area contributed by atoms with E-state index in [0.29, 0.717) is 22.1 Å². The molecule has 0 saturated heterocycles. The van der Waals surface area contributed by atoms with Gasteiger partial charge < -0.3 is 10.6 Å². The average Bonchev–Trinajstić information content (AvgIpc) is 2.48. The Morgan fingerprint density at radius 3 is 2.91 bits per heavy atom. The van der Waals surface area contributed by atoms with Crippen molar-refractivity contribution in [1.29, 1.82) is 0 Å². The van der Waals surface area contributed by atoms with Crippen molar-refractivity contribution >= 4 is 34.9 Å². The Morgan fingerprint density at radius 1 is 1.36 bits per heavy atom. The lowest BCUT2D eigenvalue weighted by Gasteiger charge is -2.24. The van der Waals surface area contributed by atoms with E-state index in [4.69, 9.17) is 11.6 Å². The molecule has 0 radical (unpaired) electrons. The van der Waals surface area contributed by atoms with Gasteiger partial charge in [-0.2, -0.15) is 0 Å². The number of aromatic nitrogens is 1. The van der Waals surface area contributed by atoms with Crippen LogP contribution in [0, 0.1) is 5.82 Å². The van der Waals surface area contributed by atoms with Crippen molar-refractivity contribution < 1.29 is 14.0 Å². The highest BCUT2D eigenvalue weighted by Gasteiger charge is 2.31. The SMILES string of the molecule is O=C1C[C@@H](C(=O)Nc2ccc(Cl)cn2)c2ccc(F)cc2N1. The lowest BCUT2D eigenvalue weighted by molar-refractivity contribution is -0.123. The van der Waals surface area contributed by atoms with Crippen LogP contribution in [0.3, 0.4) is 0 Å². The maximum atomic E-state index is 13.3. The van der Waals surface area contributed by atoms with Crippen LogP contribution in [0.15, 0.2) is 36.5 Å². The van der Waals surface area contributed by atoms with Crippen molar-refractivity contribution in [2.75, 3.05) is 10.6 Å². The van der Waals surface area contributed by atoms with Crippen molar-refractivity contribution in [1.82, 2.24) is 4.98 Å². The molecule has 0 bridgehead atoms. The van der Waals surface area contributed by atoms with Gasteiger partial charge >= 0.3 is 0 Å². The zero-order valence-electron chi connectivity index (χ0n) is 11.3. The Kier molecular flexibility index (Phi) is 3.77. The Bertz CT molecular complexity index is 749. The number of carbonyl (C=O) groups excluding carboxylic acids is 2. The summed E-state index contributed by atoms with van der Waals surface area (Å²) in [6.07, 6.45) is 1.41. The Labute approximate surface area is 130 Å².